The van der Waals surface area contributed by atoms with Crippen LogP contribution in [0.1, 0.15) is 49.4 Å². The summed E-state index contributed by atoms with van der Waals surface area (Å²) in [4.78, 5) is 25.5. The third-order valence-corrected chi connectivity index (χ3v) is 4.12. The van der Waals surface area contributed by atoms with E-state index in [2.05, 4.69) is 23.1 Å². The van der Waals surface area contributed by atoms with Gasteiger partial charge in [0.1, 0.15) is 0 Å². The zero-order valence-corrected chi connectivity index (χ0v) is 14.7. The van der Waals surface area contributed by atoms with Crippen LogP contribution in [0, 0.1) is 0 Å². The average Bonchev–Trinajstić information content (AvgIpc) is 3.03. The van der Waals surface area contributed by atoms with E-state index in [1.165, 1.54) is 0 Å². The minimum absolute atomic E-state index is 0.133. The highest BCUT2D eigenvalue weighted by Gasteiger charge is 2.21. The Bertz CT molecular complexity index is 589. The van der Waals surface area contributed by atoms with Crippen molar-refractivity contribution in [3.63, 3.8) is 0 Å². The lowest BCUT2D eigenvalue weighted by Crippen LogP contribution is -2.46. The van der Waals surface area contributed by atoms with Gasteiger partial charge in [-0.15, -0.1) is 0 Å². The third-order valence-electron chi connectivity index (χ3n) is 3.87. The maximum Gasteiger partial charge on any atom is 0.269 e. The van der Waals surface area contributed by atoms with Gasteiger partial charge in [0.2, 0.25) is 5.91 Å². The Morgan fingerprint density at radius 3 is 2.58 bits per heavy atom. The molecule has 2 amide bonds. The number of carbonyl (C=O) groups excluding carboxylic acids is 2. The van der Waals surface area contributed by atoms with E-state index in [4.69, 9.17) is 12.2 Å². The van der Waals surface area contributed by atoms with Crippen LogP contribution in [0.5, 0.6) is 0 Å². The molecule has 130 valence electrons. The van der Waals surface area contributed by atoms with Gasteiger partial charge in [-0.1, -0.05) is 19.8 Å². The monoisotopic (exact) mass is 348 g/mol. The van der Waals surface area contributed by atoms with Crippen LogP contribution in [0.15, 0.2) is 24.3 Å². The molecule has 0 atom stereocenters. The van der Waals surface area contributed by atoms with Crippen molar-refractivity contribution < 1.29 is 9.59 Å². The number of anilines is 1. The van der Waals surface area contributed by atoms with E-state index in [0.717, 1.165) is 44.5 Å². The molecule has 7 heteroatoms. The second-order valence-electron chi connectivity index (χ2n) is 5.74. The molecule has 0 aliphatic carbocycles. The van der Waals surface area contributed by atoms with Crippen molar-refractivity contribution in [2.45, 2.75) is 39.0 Å². The van der Waals surface area contributed by atoms with Gasteiger partial charge in [-0.2, -0.15) is 0 Å². The van der Waals surface area contributed by atoms with Gasteiger partial charge in [0.15, 0.2) is 5.11 Å². The molecule has 0 aromatic heterocycles. The number of nitrogens with zero attached hydrogens (tertiary/aromatic N) is 1. The molecule has 1 aliphatic heterocycles. The molecule has 0 spiro atoms. The molecule has 1 aromatic carbocycles. The Kier molecular flexibility index (Phi) is 6.99. The van der Waals surface area contributed by atoms with Crippen LogP contribution >= 0.6 is 12.2 Å². The number of thiocarbonyl (C=S) groups is 1. The van der Waals surface area contributed by atoms with Crippen LogP contribution in [-0.2, 0) is 4.79 Å². The zero-order chi connectivity index (χ0) is 17.4. The predicted molar refractivity (Wildman–Crippen MR) is 98.8 cm³/mol. The van der Waals surface area contributed by atoms with Crippen molar-refractivity contribution in [2.24, 2.45) is 0 Å². The molecular weight excluding hydrogens is 324 g/mol. The summed E-state index contributed by atoms with van der Waals surface area (Å²) in [6.45, 7) is 3.67. The second-order valence-corrected chi connectivity index (χ2v) is 6.15. The van der Waals surface area contributed by atoms with Gasteiger partial charge in [-0.05, 0) is 49.3 Å². The number of hydrazine groups is 1. The predicted octanol–water partition coefficient (Wildman–Crippen LogP) is 2.11. The number of carbonyl (C=O) groups is 2. The number of nitrogens with one attached hydrogen (secondary N) is 3. The first-order valence-corrected chi connectivity index (χ1v) is 8.77. The molecule has 0 saturated carbocycles. The Labute approximate surface area is 148 Å². The molecule has 1 heterocycles. The summed E-state index contributed by atoms with van der Waals surface area (Å²) in [5, 5.41) is 3.44. The largest absolute Gasteiger partial charge is 0.361 e. The first kappa shape index (κ1) is 18.2. The van der Waals surface area contributed by atoms with E-state index < -0.39 is 0 Å². The highest BCUT2D eigenvalue weighted by atomic mass is 32.1. The van der Waals surface area contributed by atoms with Crippen LogP contribution < -0.4 is 21.1 Å². The summed E-state index contributed by atoms with van der Waals surface area (Å²) in [6.07, 6.45) is 4.82. The van der Waals surface area contributed by atoms with Crippen LogP contribution in [0.4, 0.5) is 5.69 Å². The fourth-order valence-electron chi connectivity index (χ4n) is 2.52. The van der Waals surface area contributed by atoms with Crippen molar-refractivity contribution in [2.75, 3.05) is 18.0 Å². The van der Waals surface area contributed by atoms with Crippen molar-refractivity contribution in [3.8, 4) is 0 Å². The van der Waals surface area contributed by atoms with Gasteiger partial charge in [0, 0.05) is 30.8 Å². The minimum atomic E-state index is -0.271. The molecular formula is C17H24N4O2S. The van der Waals surface area contributed by atoms with E-state index in [1.807, 2.05) is 0 Å². The van der Waals surface area contributed by atoms with E-state index in [1.54, 1.807) is 29.2 Å². The van der Waals surface area contributed by atoms with E-state index in [-0.39, 0.29) is 11.8 Å². The number of hydrogen-bond donors (Lipinski definition) is 3. The molecule has 0 bridgehead atoms. The molecule has 2 rings (SSSR count). The van der Waals surface area contributed by atoms with E-state index in [9.17, 15) is 9.59 Å². The first-order chi connectivity index (χ1) is 11.6. The summed E-state index contributed by atoms with van der Waals surface area (Å²) in [5.74, 6) is -0.139. The Hall–Kier alpha value is -2.15. The summed E-state index contributed by atoms with van der Waals surface area (Å²) >= 11 is 5.10. The lowest BCUT2D eigenvalue weighted by atomic mass is 10.2. The molecule has 1 fully saturated rings. The standard InChI is InChI=1S/C17H24N4O2S/c1-2-3-4-11-18-17(24)20-19-16(23)13-7-9-14(10-8-13)21-12-5-6-15(21)22/h7-10H,2-6,11-12H2,1H3,(H,19,23)(H2,18,20,24). The summed E-state index contributed by atoms with van der Waals surface area (Å²) in [7, 11) is 0. The van der Waals surface area contributed by atoms with Crippen molar-refractivity contribution in [3.05, 3.63) is 29.8 Å². The number of amides is 2. The second kappa shape index (κ2) is 9.22. The fraction of sp³-hybridized carbons (Fsp3) is 0.471. The third kappa shape index (κ3) is 5.19. The summed E-state index contributed by atoms with van der Waals surface area (Å²) in [5.41, 5.74) is 6.59. The fourth-order valence-corrected chi connectivity index (χ4v) is 2.67. The molecule has 0 unspecified atom stereocenters. The molecule has 1 aliphatic rings. The summed E-state index contributed by atoms with van der Waals surface area (Å²) in [6, 6.07) is 6.99. The van der Waals surface area contributed by atoms with Gasteiger partial charge < -0.3 is 10.2 Å². The summed E-state index contributed by atoms with van der Waals surface area (Å²) < 4.78 is 0. The van der Waals surface area contributed by atoms with Gasteiger partial charge >= 0.3 is 0 Å². The maximum atomic E-state index is 12.1. The number of benzene rings is 1. The number of rotatable bonds is 6. The Morgan fingerprint density at radius 2 is 1.96 bits per heavy atom. The first-order valence-electron chi connectivity index (χ1n) is 8.36. The molecule has 6 nitrogen and oxygen atoms in total. The number of unbranched alkanes of at least 4 members (excludes halogenated alkanes) is 2. The van der Waals surface area contributed by atoms with Gasteiger partial charge in [-0.25, -0.2) is 0 Å². The molecule has 0 radical (unpaired) electrons. The SMILES string of the molecule is CCCCCNC(=S)NNC(=O)c1ccc(N2CCCC2=O)cc1. The molecule has 1 saturated heterocycles. The topological polar surface area (TPSA) is 73.5 Å². The quantitative estimate of drug-likeness (QED) is 0.417. The van der Waals surface area contributed by atoms with E-state index in [0.29, 0.717) is 17.1 Å². The van der Waals surface area contributed by atoms with Crippen LogP contribution in [-0.4, -0.2) is 30.0 Å². The smallest absolute Gasteiger partial charge is 0.269 e. The van der Waals surface area contributed by atoms with Gasteiger partial charge in [0.05, 0.1) is 0 Å². The van der Waals surface area contributed by atoms with Crippen molar-refractivity contribution in [1.29, 1.82) is 0 Å². The van der Waals surface area contributed by atoms with Crippen LogP contribution in [0.25, 0.3) is 0 Å². The number of hydrogen-bond acceptors (Lipinski definition) is 3. The van der Waals surface area contributed by atoms with E-state index >= 15 is 0 Å². The lowest BCUT2D eigenvalue weighted by Gasteiger charge is -2.16. The highest BCUT2D eigenvalue weighted by Crippen LogP contribution is 2.21. The minimum Gasteiger partial charge on any atom is -0.361 e. The van der Waals surface area contributed by atoms with Gasteiger partial charge in [-0.3, -0.25) is 20.4 Å². The Morgan fingerprint density at radius 1 is 1.21 bits per heavy atom. The zero-order valence-electron chi connectivity index (χ0n) is 13.9. The average molecular weight is 348 g/mol. The maximum absolute atomic E-state index is 12.1. The molecule has 1 aromatic rings. The van der Waals surface area contributed by atoms with Crippen molar-refractivity contribution in [1.82, 2.24) is 16.2 Å². The normalized spacial score (nSPS) is 13.7. The van der Waals surface area contributed by atoms with Gasteiger partial charge in [0.25, 0.3) is 5.91 Å². The highest BCUT2D eigenvalue weighted by molar-refractivity contribution is 7.80. The Balaban J connectivity index is 1.78. The molecule has 24 heavy (non-hydrogen) atoms. The van der Waals surface area contributed by atoms with Crippen molar-refractivity contribution >= 4 is 34.8 Å². The molecule has 3 N–H and O–H groups in total. The lowest BCUT2D eigenvalue weighted by molar-refractivity contribution is -0.117. The van der Waals surface area contributed by atoms with Crippen LogP contribution in [0.2, 0.25) is 0 Å². The van der Waals surface area contributed by atoms with Crippen LogP contribution in [0.3, 0.4) is 0 Å².